The third-order valence-electron chi connectivity index (χ3n) is 3.80. The molecule has 0 atom stereocenters. The molecule has 0 N–H and O–H groups in total. The fourth-order valence-corrected chi connectivity index (χ4v) is 2.44. The van der Waals surface area contributed by atoms with Crippen LogP contribution in [0.1, 0.15) is 21.5 Å². The number of nitrogens with zero attached hydrogens (tertiary/aromatic N) is 2. The predicted molar refractivity (Wildman–Crippen MR) is 96.0 cm³/mol. The maximum atomic E-state index is 12.2. The Bertz CT molecular complexity index is 853. The summed E-state index contributed by atoms with van der Waals surface area (Å²) in [6.45, 7) is 1.79. The number of benzene rings is 2. The van der Waals surface area contributed by atoms with Crippen molar-refractivity contribution in [2.75, 3.05) is 13.7 Å². The molecule has 0 aromatic heterocycles. The van der Waals surface area contributed by atoms with Crippen molar-refractivity contribution in [1.29, 1.82) is 0 Å². The summed E-state index contributed by atoms with van der Waals surface area (Å²) in [6.07, 6.45) is 0. The predicted octanol–water partition coefficient (Wildman–Crippen LogP) is 3.37. The van der Waals surface area contributed by atoms with E-state index in [1.165, 1.54) is 17.0 Å². The second kappa shape index (κ2) is 8.44. The number of carbonyl (C=O) groups is 2. The summed E-state index contributed by atoms with van der Waals surface area (Å²) in [5, 5.41) is 11.2. The number of ether oxygens (including phenoxy) is 1. The van der Waals surface area contributed by atoms with Gasteiger partial charge >= 0.3 is 5.97 Å². The van der Waals surface area contributed by atoms with Crippen LogP contribution in [-0.4, -0.2) is 35.4 Å². The molecule has 8 heteroatoms. The molecule has 0 fully saturated rings. The highest BCUT2D eigenvalue weighted by molar-refractivity contribution is 6.31. The topological polar surface area (TPSA) is 89.8 Å². The lowest BCUT2D eigenvalue weighted by atomic mass is 10.1. The number of aryl methyl sites for hydroxylation is 1. The fraction of sp³-hybridized carbons (Fsp3) is 0.222. The number of hydrogen-bond donors (Lipinski definition) is 0. The maximum Gasteiger partial charge on any atom is 0.345 e. The smallest absolute Gasteiger partial charge is 0.345 e. The first-order valence-electron chi connectivity index (χ1n) is 7.69. The summed E-state index contributed by atoms with van der Waals surface area (Å²) in [5.74, 6) is -1.37. The first-order valence-corrected chi connectivity index (χ1v) is 8.07. The van der Waals surface area contributed by atoms with Gasteiger partial charge in [0.25, 0.3) is 11.6 Å². The number of amides is 1. The van der Waals surface area contributed by atoms with Gasteiger partial charge in [-0.1, -0.05) is 35.9 Å². The van der Waals surface area contributed by atoms with Crippen LogP contribution < -0.4 is 0 Å². The van der Waals surface area contributed by atoms with Crippen LogP contribution in [-0.2, 0) is 16.1 Å². The second-order valence-corrected chi connectivity index (χ2v) is 6.11. The van der Waals surface area contributed by atoms with Crippen LogP contribution in [0.15, 0.2) is 42.5 Å². The molecule has 2 aromatic rings. The third-order valence-corrected chi connectivity index (χ3v) is 4.03. The molecule has 2 aromatic carbocycles. The van der Waals surface area contributed by atoms with Crippen molar-refractivity contribution in [2.24, 2.45) is 0 Å². The van der Waals surface area contributed by atoms with E-state index in [0.29, 0.717) is 6.54 Å². The van der Waals surface area contributed by atoms with Gasteiger partial charge in [0, 0.05) is 24.7 Å². The first-order chi connectivity index (χ1) is 12.3. The summed E-state index contributed by atoms with van der Waals surface area (Å²) in [6, 6.07) is 11.2. The number of likely N-dealkylation sites (N-methyl/N-ethyl adjacent to an activating group) is 1. The lowest BCUT2D eigenvalue weighted by molar-refractivity contribution is -0.385. The average molecular weight is 377 g/mol. The van der Waals surface area contributed by atoms with E-state index in [0.717, 1.165) is 17.2 Å². The Labute approximate surface area is 155 Å². The van der Waals surface area contributed by atoms with Gasteiger partial charge in [0.2, 0.25) is 0 Å². The maximum absolute atomic E-state index is 12.2. The summed E-state index contributed by atoms with van der Waals surface area (Å²) < 4.78 is 4.93. The van der Waals surface area contributed by atoms with Crippen LogP contribution in [0, 0.1) is 17.0 Å². The number of halogens is 1. The molecule has 0 aliphatic heterocycles. The molecule has 0 aliphatic rings. The van der Waals surface area contributed by atoms with Gasteiger partial charge in [-0.15, -0.1) is 0 Å². The van der Waals surface area contributed by atoms with Crippen molar-refractivity contribution in [3.63, 3.8) is 0 Å². The van der Waals surface area contributed by atoms with E-state index in [1.807, 2.05) is 31.2 Å². The number of nitro groups is 1. The minimum atomic E-state index is -0.953. The monoisotopic (exact) mass is 376 g/mol. The minimum Gasteiger partial charge on any atom is -0.452 e. The molecule has 26 heavy (non-hydrogen) atoms. The van der Waals surface area contributed by atoms with E-state index in [9.17, 15) is 19.7 Å². The quantitative estimate of drug-likeness (QED) is 0.438. The van der Waals surface area contributed by atoms with Gasteiger partial charge in [-0.05, 0) is 30.2 Å². The zero-order chi connectivity index (χ0) is 19.3. The van der Waals surface area contributed by atoms with E-state index < -0.39 is 29.1 Å². The fourth-order valence-electron chi connectivity index (χ4n) is 2.27. The summed E-state index contributed by atoms with van der Waals surface area (Å²) >= 11 is 5.71. The molecule has 2 rings (SSSR count). The van der Waals surface area contributed by atoms with Crippen molar-refractivity contribution in [2.45, 2.75) is 13.5 Å². The van der Waals surface area contributed by atoms with Crippen LogP contribution >= 0.6 is 11.6 Å². The van der Waals surface area contributed by atoms with Gasteiger partial charge in [0.1, 0.15) is 5.56 Å². The number of carbonyl (C=O) groups excluding carboxylic acids is 2. The van der Waals surface area contributed by atoms with E-state index >= 15 is 0 Å². The molecule has 0 saturated carbocycles. The zero-order valence-corrected chi connectivity index (χ0v) is 15.0. The second-order valence-electron chi connectivity index (χ2n) is 5.67. The summed E-state index contributed by atoms with van der Waals surface area (Å²) in [5.41, 5.74) is 1.29. The van der Waals surface area contributed by atoms with Crippen LogP contribution in [0.25, 0.3) is 0 Å². The van der Waals surface area contributed by atoms with E-state index in [2.05, 4.69) is 0 Å². The van der Waals surface area contributed by atoms with Crippen LogP contribution in [0.5, 0.6) is 0 Å². The molecule has 0 heterocycles. The average Bonchev–Trinajstić information content (AvgIpc) is 2.61. The van der Waals surface area contributed by atoms with Gasteiger partial charge < -0.3 is 9.64 Å². The number of nitro benzene ring substituents is 1. The Morgan fingerprint density at radius 3 is 2.58 bits per heavy atom. The first kappa shape index (κ1) is 19.4. The lowest BCUT2D eigenvalue weighted by Gasteiger charge is -2.18. The van der Waals surface area contributed by atoms with Crippen LogP contribution in [0.4, 0.5) is 5.69 Å². The molecule has 0 radical (unpaired) electrons. The lowest BCUT2D eigenvalue weighted by Crippen LogP contribution is -2.31. The number of esters is 1. The third kappa shape index (κ3) is 4.80. The Morgan fingerprint density at radius 2 is 1.92 bits per heavy atom. The molecule has 1 amide bonds. The Morgan fingerprint density at radius 1 is 1.23 bits per heavy atom. The van der Waals surface area contributed by atoms with Crippen LogP contribution in [0.3, 0.4) is 0 Å². The van der Waals surface area contributed by atoms with Gasteiger partial charge in [0.05, 0.1) is 4.92 Å². The van der Waals surface area contributed by atoms with Gasteiger partial charge in [0.15, 0.2) is 6.61 Å². The van der Waals surface area contributed by atoms with Gasteiger partial charge in [-0.25, -0.2) is 4.79 Å². The molecule has 0 bridgehead atoms. The van der Waals surface area contributed by atoms with Crippen molar-refractivity contribution in [3.8, 4) is 0 Å². The summed E-state index contributed by atoms with van der Waals surface area (Å²) in [4.78, 5) is 36.0. The Balaban J connectivity index is 2.00. The molecule has 7 nitrogen and oxygen atoms in total. The Kier molecular flexibility index (Phi) is 6.30. The molecule has 0 unspecified atom stereocenters. The van der Waals surface area contributed by atoms with E-state index in [4.69, 9.17) is 16.3 Å². The van der Waals surface area contributed by atoms with Crippen molar-refractivity contribution < 1.29 is 19.2 Å². The molecule has 136 valence electrons. The molecule has 0 saturated heterocycles. The van der Waals surface area contributed by atoms with Gasteiger partial charge in [-0.2, -0.15) is 0 Å². The van der Waals surface area contributed by atoms with E-state index in [1.54, 1.807) is 7.05 Å². The van der Waals surface area contributed by atoms with Crippen molar-refractivity contribution in [3.05, 3.63) is 74.3 Å². The van der Waals surface area contributed by atoms with E-state index in [-0.39, 0.29) is 10.6 Å². The number of rotatable bonds is 6. The zero-order valence-electron chi connectivity index (χ0n) is 14.3. The molecular formula is C18H17ClN2O5. The standard InChI is InChI=1S/C18H17ClN2O5/c1-12-5-3-4-6-13(12)10-20(2)17(22)11-26-18(23)15-8-7-14(19)9-16(15)21(24)25/h3-9H,10-11H2,1-2H3. The van der Waals surface area contributed by atoms with Crippen molar-refractivity contribution >= 4 is 29.2 Å². The van der Waals surface area contributed by atoms with Crippen molar-refractivity contribution in [1.82, 2.24) is 4.90 Å². The molecule has 0 spiro atoms. The normalized spacial score (nSPS) is 10.3. The number of hydrogen-bond acceptors (Lipinski definition) is 5. The summed E-state index contributed by atoms with van der Waals surface area (Å²) in [7, 11) is 1.59. The molecular weight excluding hydrogens is 360 g/mol. The van der Waals surface area contributed by atoms with Crippen LogP contribution in [0.2, 0.25) is 5.02 Å². The highest BCUT2D eigenvalue weighted by Gasteiger charge is 2.23. The molecule has 0 aliphatic carbocycles. The highest BCUT2D eigenvalue weighted by Crippen LogP contribution is 2.23. The SMILES string of the molecule is Cc1ccccc1CN(C)C(=O)COC(=O)c1ccc(Cl)cc1[N+](=O)[O-]. The van der Waals surface area contributed by atoms with Gasteiger partial charge in [-0.3, -0.25) is 14.9 Å². The highest BCUT2D eigenvalue weighted by atomic mass is 35.5. The minimum absolute atomic E-state index is 0.127. The Hall–Kier alpha value is -2.93. The largest absolute Gasteiger partial charge is 0.452 e.